The van der Waals surface area contributed by atoms with Crippen LogP contribution in [0.1, 0.15) is 0 Å². The Kier molecular flexibility index (Phi) is 4.71. The van der Waals surface area contributed by atoms with Gasteiger partial charge >= 0.3 is 0 Å². The molecule has 1 aromatic heterocycles. The van der Waals surface area contributed by atoms with Gasteiger partial charge in [-0.2, -0.15) is 0 Å². The van der Waals surface area contributed by atoms with Gasteiger partial charge in [-0.3, -0.25) is 0 Å². The van der Waals surface area contributed by atoms with Crippen LogP contribution in [0.2, 0.25) is 0 Å². The van der Waals surface area contributed by atoms with Crippen molar-refractivity contribution in [1.82, 2.24) is 0 Å². The van der Waals surface area contributed by atoms with Gasteiger partial charge in [-0.15, -0.1) is 11.3 Å². The molecule has 32 heavy (non-hydrogen) atoms. The maximum Gasteiger partial charge on any atom is 0.0555 e. The molecule has 6 rings (SSSR count). The summed E-state index contributed by atoms with van der Waals surface area (Å²) < 4.78 is 2.63. The molecule has 0 amide bonds. The lowest BCUT2D eigenvalue weighted by molar-refractivity contribution is 1.30. The molecule has 1 nitrogen and oxygen atoms in total. The third kappa shape index (κ3) is 3.17. The minimum Gasteiger partial charge on any atom is -0.309 e. The maximum absolute atomic E-state index is 2.41. The van der Waals surface area contributed by atoms with Gasteiger partial charge in [0.25, 0.3) is 0 Å². The highest BCUT2D eigenvalue weighted by molar-refractivity contribution is 7.26. The van der Waals surface area contributed by atoms with Crippen LogP contribution in [0.25, 0.3) is 31.3 Å². The van der Waals surface area contributed by atoms with Gasteiger partial charge in [-0.25, -0.2) is 0 Å². The lowest BCUT2D eigenvalue weighted by atomic mass is 10.0. The van der Waals surface area contributed by atoms with Crippen LogP contribution in [0.3, 0.4) is 0 Å². The molecule has 0 bridgehead atoms. The van der Waals surface area contributed by atoms with Crippen molar-refractivity contribution in [1.29, 1.82) is 0 Å². The van der Waals surface area contributed by atoms with Gasteiger partial charge in [0.05, 0.1) is 11.4 Å². The van der Waals surface area contributed by atoms with Gasteiger partial charge in [-0.1, -0.05) is 91.0 Å². The van der Waals surface area contributed by atoms with Crippen molar-refractivity contribution in [2.45, 2.75) is 0 Å². The van der Waals surface area contributed by atoms with Gasteiger partial charge in [0, 0.05) is 31.4 Å². The first-order chi connectivity index (χ1) is 15.9. The molecule has 0 aliphatic carbocycles. The van der Waals surface area contributed by atoms with Gasteiger partial charge in [0.15, 0.2) is 0 Å². The minimum absolute atomic E-state index is 1.15. The van der Waals surface area contributed by atoms with Crippen LogP contribution >= 0.6 is 11.3 Å². The number of nitrogens with zero attached hydrogens (tertiary/aromatic N) is 1. The van der Waals surface area contributed by atoms with Crippen LogP contribution in [0.4, 0.5) is 17.1 Å². The average Bonchev–Trinajstić information content (AvgIpc) is 3.25. The van der Waals surface area contributed by atoms with Crippen molar-refractivity contribution in [2.24, 2.45) is 0 Å². The Bertz CT molecular complexity index is 1520. The number of fused-ring (bicyclic) bond motifs is 3. The molecular weight excluding hydrogens is 406 g/mol. The first-order valence-electron chi connectivity index (χ1n) is 10.8. The predicted molar refractivity (Wildman–Crippen MR) is 139 cm³/mol. The quantitative estimate of drug-likeness (QED) is 0.271. The molecule has 1 heterocycles. The zero-order chi connectivity index (χ0) is 21.3. The number of hydrogen-bond acceptors (Lipinski definition) is 2. The Morgan fingerprint density at radius 2 is 1.09 bits per heavy atom. The van der Waals surface area contributed by atoms with E-state index in [1.807, 2.05) is 11.3 Å². The number of benzene rings is 5. The van der Waals surface area contributed by atoms with Crippen molar-refractivity contribution >= 4 is 48.6 Å². The van der Waals surface area contributed by atoms with Crippen LogP contribution < -0.4 is 4.90 Å². The van der Waals surface area contributed by atoms with Crippen LogP contribution in [0.5, 0.6) is 0 Å². The van der Waals surface area contributed by atoms with Crippen LogP contribution in [0.15, 0.2) is 127 Å². The second-order valence-corrected chi connectivity index (χ2v) is 8.89. The van der Waals surface area contributed by atoms with E-state index in [4.69, 9.17) is 0 Å². The van der Waals surface area contributed by atoms with Crippen molar-refractivity contribution < 1.29 is 0 Å². The summed E-state index contributed by atoms with van der Waals surface area (Å²) in [6, 6.07) is 45.4. The Morgan fingerprint density at radius 1 is 0.469 bits per heavy atom. The summed E-state index contributed by atoms with van der Waals surface area (Å²) in [6.45, 7) is 0. The molecule has 0 radical (unpaired) electrons. The molecule has 0 N–H and O–H groups in total. The van der Waals surface area contributed by atoms with Gasteiger partial charge in [0.2, 0.25) is 0 Å². The summed E-state index contributed by atoms with van der Waals surface area (Å²) in [5, 5.41) is 2.61. The van der Waals surface area contributed by atoms with E-state index in [9.17, 15) is 0 Å². The smallest absolute Gasteiger partial charge is 0.0555 e. The molecular formula is C30H21NS. The summed E-state index contributed by atoms with van der Waals surface area (Å²) in [6.07, 6.45) is 0. The van der Waals surface area contributed by atoms with E-state index in [0.717, 1.165) is 5.69 Å². The summed E-state index contributed by atoms with van der Waals surface area (Å²) in [4.78, 5) is 2.41. The Balaban J connectivity index is 1.68. The van der Waals surface area contributed by atoms with E-state index in [2.05, 4.69) is 132 Å². The van der Waals surface area contributed by atoms with Crippen molar-refractivity contribution in [3.63, 3.8) is 0 Å². The number of para-hydroxylation sites is 2. The molecule has 0 spiro atoms. The Labute approximate surface area is 191 Å². The highest BCUT2D eigenvalue weighted by Gasteiger charge is 2.20. The molecule has 152 valence electrons. The largest absolute Gasteiger partial charge is 0.309 e. The molecule has 0 aliphatic heterocycles. The summed E-state index contributed by atoms with van der Waals surface area (Å²) in [5.74, 6) is 0. The second-order valence-electron chi connectivity index (χ2n) is 7.80. The molecule has 2 heteroatoms. The summed E-state index contributed by atoms with van der Waals surface area (Å²) in [7, 11) is 0. The van der Waals surface area contributed by atoms with Crippen LogP contribution in [-0.2, 0) is 0 Å². The molecule has 0 atom stereocenters. The zero-order valence-electron chi connectivity index (χ0n) is 17.5. The first kappa shape index (κ1) is 18.9. The zero-order valence-corrected chi connectivity index (χ0v) is 18.3. The first-order valence-corrected chi connectivity index (χ1v) is 11.6. The van der Waals surface area contributed by atoms with E-state index < -0.39 is 0 Å². The van der Waals surface area contributed by atoms with Crippen molar-refractivity contribution in [3.8, 4) is 11.1 Å². The predicted octanol–water partition coefficient (Wildman–Crippen LogP) is 9.19. The molecule has 5 aromatic carbocycles. The van der Waals surface area contributed by atoms with E-state index in [1.165, 1.54) is 42.7 Å². The summed E-state index contributed by atoms with van der Waals surface area (Å²) >= 11 is 1.86. The fourth-order valence-corrected chi connectivity index (χ4v) is 5.58. The number of anilines is 3. The number of hydrogen-bond donors (Lipinski definition) is 0. The molecule has 0 unspecified atom stereocenters. The SMILES string of the molecule is c1ccc(-c2ccccc2N(c2ccccc2)c2cccc3sc4ccccc4c23)cc1. The topological polar surface area (TPSA) is 3.24 Å². The molecule has 0 aliphatic rings. The van der Waals surface area contributed by atoms with E-state index in [0.29, 0.717) is 0 Å². The Morgan fingerprint density at radius 3 is 1.94 bits per heavy atom. The monoisotopic (exact) mass is 427 g/mol. The average molecular weight is 428 g/mol. The van der Waals surface area contributed by atoms with E-state index >= 15 is 0 Å². The number of rotatable bonds is 4. The fourth-order valence-electron chi connectivity index (χ4n) is 4.46. The van der Waals surface area contributed by atoms with Crippen molar-refractivity contribution in [2.75, 3.05) is 4.90 Å². The molecule has 0 saturated heterocycles. The molecule has 0 fully saturated rings. The lowest BCUT2D eigenvalue weighted by Gasteiger charge is -2.28. The van der Waals surface area contributed by atoms with E-state index in [-0.39, 0.29) is 0 Å². The van der Waals surface area contributed by atoms with Crippen LogP contribution in [0, 0.1) is 0 Å². The highest BCUT2D eigenvalue weighted by atomic mass is 32.1. The van der Waals surface area contributed by atoms with Gasteiger partial charge in [0.1, 0.15) is 0 Å². The fraction of sp³-hybridized carbons (Fsp3) is 0. The standard InChI is InChI=1S/C30H21NS/c1-3-12-22(13-4-1)24-16-7-9-18-26(24)31(23-14-5-2-6-15-23)27-19-11-21-29-30(27)25-17-8-10-20-28(25)32-29/h1-21H. The maximum atomic E-state index is 2.41. The second kappa shape index (κ2) is 7.99. The summed E-state index contributed by atoms with van der Waals surface area (Å²) in [5.41, 5.74) is 5.96. The van der Waals surface area contributed by atoms with Crippen molar-refractivity contribution in [3.05, 3.63) is 127 Å². The molecule has 6 aromatic rings. The van der Waals surface area contributed by atoms with Gasteiger partial charge in [-0.05, 0) is 42.0 Å². The normalized spacial score (nSPS) is 11.1. The highest BCUT2D eigenvalue weighted by Crippen LogP contribution is 2.46. The van der Waals surface area contributed by atoms with E-state index in [1.54, 1.807) is 0 Å². The number of thiophene rings is 1. The third-order valence-electron chi connectivity index (χ3n) is 5.87. The van der Waals surface area contributed by atoms with Gasteiger partial charge < -0.3 is 4.90 Å². The lowest BCUT2D eigenvalue weighted by Crippen LogP contribution is -2.11. The molecule has 0 saturated carbocycles. The Hall–Kier alpha value is -3.88. The van der Waals surface area contributed by atoms with Crippen LogP contribution in [-0.4, -0.2) is 0 Å². The third-order valence-corrected chi connectivity index (χ3v) is 7.00. The minimum atomic E-state index is 1.15.